The highest BCUT2D eigenvalue weighted by Crippen LogP contribution is 2.34. The minimum atomic E-state index is -0.464. The molecule has 0 saturated carbocycles. The number of nitrogens with one attached hydrogen (secondary N) is 1. The summed E-state index contributed by atoms with van der Waals surface area (Å²) in [4.78, 5) is 0. The Labute approximate surface area is 107 Å². The summed E-state index contributed by atoms with van der Waals surface area (Å²) < 4.78 is 8.22. The summed E-state index contributed by atoms with van der Waals surface area (Å²) in [5, 5.41) is 13.2. The molecule has 0 aliphatic heterocycles. The van der Waals surface area contributed by atoms with Crippen LogP contribution in [0.15, 0.2) is 6.07 Å². The number of hydrogen-bond acceptors (Lipinski definition) is 5. The summed E-state index contributed by atoms with van der Waals surface area (Å²) in [7, 11) is 0. The Balaban J connectivity index is 2.46. The smallest absolute Gasteiger partial charge is 0.130 e. The Kier molecular flexibility index (Phi) is 3.49. The predicted molar refractivity (Wildman–Crippen MR) is 67.6 cm³/mol. The van der Waals surface area contributed by atoms with E-state index in [9.17, 15) is 5.11 Å². The molecule has 1 unspecified atom stereocenters. The van der Waals surface area contributed by atoms with E-state index in [1.807, 2.05) is 0 Å². The first-order chi connectivity index (χ1) is 7.59. The molecule has 0 spiro atoms. The SMILES string of the molecule is CC(O)CNc1c(Cl)cc(Cl)c2nsnc12. The average molecular weight is 278 g/mol. The summed E-state index contributed by atoms with van der Waals surface area (Å²) in [5.74, 6) is 0. The molecule has 0 aliphatic carbocycles. The molecule has 1 heterocycles. The lowest BCUT2D eigenvalue weighted by Crippen LogP contribution is -2.15. The van der Waals surface area contributed by atoms with Gasteiger partial charge in [-0.1, -0.05) is 23.2 Å². The number of aromatic nitrogens is 2. The van der Waals surface area contributed by atoms with Crippen LogP contribution in [0.3, 0.4) is 0 Å². The largest absolute Gasteiger partial charge is 0.392 e. The van der Waals surface area contributed by atoms with Gasteiger partial charge in [-0.3, -0.25) is 0 Å². The van der Waals surface area contributed by atoms with Gasteiger partial charge in [0.2, 0.25) is 0 Å². The number of benzene rings is 1. The number of aliphatic hydroxyl groups is 1. The van der Waals surface area contributed by atoms with Crippen LogP contribution in [-0.4, -0.2) is 26.5 Å². The Morgan fingerprint density at radius 1 is 1.38 bits per heavy atom. The number of anilines is 1. The maximum Gasteiger partial charge on any atom is 0.130 e. The zero-order valence-electron chi connectivity index (χ0n) is 8.37. The van der Waals surface area contributed by atoms with Crippen molar-refractivity contribution in [1.82, 2.24) is 8.75 Å². The van der Waals surface area contributed by atoms with Crippen LogP contribution >= 0.6 is 34.9 Å². The van der Waals surface area contributed by atoms with Crippen LogP contribution in [0.1, 0.15) is 6.92 Å². The molecular weight excluding hydrogens is 269 g/mol. The first-order valence-electron chi connectivity index (χ1n) is 4.62. The van der Waals surface area contributed by atoms with Gasteiger partial charge in [-0.05, 0) is 13.0 Å². The molecule has 1 atom stereocenters. The molecule has 0 fully saturated rings. The fourth-order valence-electron chi connectivity index (χ4n) is 1.29. The van der Waals surface area contributed by atoms with Gasteiger partial charge in [0, 0.05) is 6.54 Å². The van der Waals surface area contributed by atoms with Crippen LogP contribution in [0.4, 0.5) is 5.69 Å². The molecule has 86 valence electrons. The fraction of sp³-hybridized carbons (Fsp3) is 0.333. The van der Waals surface area contributed by atoms with Gasteiger partial charge in [0.05, 0.1) is 33.6 Å². The summed E-state index contributed by atoms with van der Waals surface area (Å²) in [6.45, 7) is 2.08. The van der Waals surface area contributed by atoms with Gasteiger partial charge in [-0.2, -0.15) is 8.75 Å². The van der Waals surface area contributed by atoms with E-state index in [0.29, 0.717) is 33.3 Å². The highest BCUT2D eigenvalue weighted by Gasteiger charge is 2.13. The molecule has 2 rings (SSSR count). The van der Waals surface area contributed by atoms with Crippen LogP contribution in [0, 0.1) is 0 Å². The van der Waals surface area contributed by atoms with Crippen LogP contribution in [0.2, 0.25) is 10.0 Å². The number of hydrogen-bond donors (Lipinski definition) is 2. The highest BCUT2D eigenvalue weighted by molar-refractivity contribution is 7.00. The molecule has 0 saturated heterocycles. The topological polar surface area (TPSA) is 58.0 Å². The van der Waals surface area contributed by atoms with E-state index in [4.69, 9.17) is 23.2 Å². The second-order valence-corrected chi connectivity index (χ2v) is 4.75. The molecule has 16 heavy (non-hydrogen) atoms. The molecule has 1 aromatic heterocycles. The van der Waals surface area contributed by atoms with Crippen molar-refractivity contribution in [2.24, 2.45) is 0 Å². The lowest BCUT2D eigenvalue weighted by atomic mass is 10.2. The molecule has 0 radical (unpaired) electrons. The van der Waals surface area contributed by atoms with Crippen LogP contribution < -0.4 is 5.32 Å². The molecular formula is C9H9Cl2N3OS. The molecule has 0 amide bonds. The summed E-state index contributed by atoms with van der Waals surface area (Å²) >= 11 is 13.1. The number of nitrogens with zero attached hydrogens (tertiary/aromatic N) is 2. The van der Waals surface area contributed by atoms with Crippen LogP contribution in [0.5, 0.6) is 0 Å². The lowest BCUT2D eigenvalue weighted by molar-refractivity contribution is 0.208. The Hall–Kier alpha value is -0.620. The molecule has 2 N–H and O–H groups in total. The van der Waals surface area contributed by atoms with Gasteiger partial charge >= 0.3 is 0 Å². The van der Waals surface area contributed by atoms with Gasteiger partial charge < -0.3 is 10.4 Å². The van der Waals surface area contributed by atoms with E-state index in [1.54, 1.807) is 13.0 Å². The number of fused-ring (bicyclic) bond motifs is 1. The molecule has 4 nitrogen and oxygen atoms in total. The Morgan fingerprint density at radius 3 is 2.75 bits per heavy atom. The van der Waals surface area contributed by atoms with E-state index in [0.717, 1.165) is 11.7 Å². The van der Waals surface area contributed by atoms with Gasteiger partial charge in [0.15, 0.2) is 0 Å². The zero-order valence-corrected chi connectivity index (χ0v) is 10.7. The molecule has 7 heteroatoms. The quantitative estimate of drug-likeness (QED) is 0.906. The molecule has 0 bridgehead atoms. The maximum absolute atomic E-state index is 9.22. The van der Waals surface area contributed by atoms with Gasteiger partial charge in [-0.25, -0.2) is 0 Å². The van der Waals surface area contributed by atoms with Crippen molar-refractivity contribution in [3.63, 3.8) is 0 Å². The predicted octanol–water partition coefficient (Wildman–Crippen LogP) is 2.79. The van der Waals surface area contributed by atoms with Crippen molar-refractivity contribution in [2.75, 3.05) is 11.9 Å². The summed E-state index contributed by atoms with van der Waals surface area (Å²) in [6, 6.07) is 1.62. The average Bonchev–Trinajstić information content (AvgIpc) is 2.65. The molecule has 2 aromatic rings. The number of aliphatic hydroxyl groups excluding tert-OH is 1. The maximum atomic E-state index is 9.22. The monoisotopic (exact) mass is 277 g/mol. The van der Waals surface area contributed by atoms with E-state index in [-0.39, 0.29) is 0 Å². The van der Waals surface area contributed by atoms with E-state index in [1.165, 1.54) is 0 Å². The minimum Gasteiger partial charge on any atom is -0.392 e. The second kappa shape index (κ2) is 4.71. The van der Waals surface area contributed by atoms with E-state index < -0.39 is 6.10 Å². The van der Waals surface area contributed by atoms with Crippen molar-refractivity contribution in [3.05, 3.63) is 16.1 Å². The third-order valence-electron chi connectivity index (χ3n) is 2.02. The Bertz CT molecular complexity index is 515. The third-order valence-corrected chi connectivity index (χ3v) is 3.13. The number of halogens is 2. The number of rotatable bonds is 3. The van der Waals surface area contributed by atoms with E-state index in [2.05, 4.69) is 14.1 Å². The van der Waals surface area contributed by atoms with Crippen molar-refractivity contribution in [3.8, 4) is 0 Å². The van der Waals surface area contributed by atoms with Crippen LogP contribution in [0.25, 0.3) is 11.0 Å². The lowest BCUT2D eigenvalue weighted by Gasteiger charge is -2.10. The third kappa shape index (κ3) is 2.22. The first-order valence-corrected chi connectivity index (χ1v) is 6.10. The van der Waals surface area contributed by atoms with Crippen molar-refractivity contribution < 1.29 is 5.11 Å². The second-order valence-electron chi connectivity index (χ2n) is 3.41. The van der Waals surface area contributed by atoms with Crippen LogP contribution in [-0.2, 0) is 0 Å². The normalized spacial score (nSPS) is 13.0. The standard InChI is InChI=1S/C9H9Cl2N3OS/c1-4(15)3-12-7-5(10)2-6(11)8-9(7)14-16-13-8/h2,4,12,15H,3H2,1H3. The fourth-order valence-corrected chi connectivity index (χ4v) is 2.47. The van der Waals surface area contributed by atoms with E-state index >= 15 is 0 Å². The van der Waals surface area contributed by atoms with Gasteiger partial charge in [-0.15, -0.1) is 0 Å². The highest BCUT2D eigenvalue weighted by atomic mass is 35.5. The summed E-state index contributed by atoms with van der Waals surface area (Å²) in [5.41, 5.74) is 1.93. The molecule has 1 aromatic carbocycles. The van der Waals surface area contributed by atoms with Gasteiger partial charge in [0.25, 0.3) is 0 Å². The zero-order chi connectivity index (χ0) is 11.7. The van der Waals surface area contributed by atoms with Gasteiger partial charge in [0.1, 0.15) is 11.0 Å². The van der Waals surface area contributed by atoms with Crippen molar-refractivity contribution >= 4 is 51.7 Å². The van der Waals surface area contributed by atoms with Crippen molar-refractivity contribution in [2.45, 2.75) is 13.0 Å². The molecule has 0 aliphatic rings. The minimum absolute atomic E-state index is 0.397. The first kappa shape index (κ1) is 11.9. The summed E-state index contributed by atoms with van der Waals surface area (Å²) in [6.07, 6.45) is -0.464. The Morgan fingerprint density at radius 2 is 2.06 bits per heavy atom. The van der Waals surface area contributed by atoms with Crippen molar-refractivity contribution in [1.29, 1.82) is 0 Å².